The zero-order valence-corrected chi connectivity index (χ0v) is 16.3. The van der Waals surface area contributed by atoms with Gasteiger partial charge in [0.1, 0.15) is 11.5 Å². The standard InChI is InChI=1S/C21H32N2O2/c1-6-10-23(11-7-2)15-17-8-9-22-19(12-17)18-13-20(24-4)16(3)21(14-18)25-5/h8-9,12-14,19,22H,6-7,10-11,15H2,1-5H3. The summed E-state index contributed by atoms with van der Waals surface area (Å²) in [4.78, 5) is 2.52. The molecule has 0 saturated carbocycles. The first-order chi connectivity index (χ1) is 12.1. The Kier molecular flexibility index (Phi) is 7.38. The average molecular weight is 344 g/mol. The molecule has 1 aromatic rings. The van der Waals surface area contributed by atoms with Crippen LogP contribution in [0.15, 0.2) is 36.1 Å². The summed E-state index contributed by atoms with van der Waals surface area (Å²) in [6, 6.07) is 4.32. The van der Waals surface area contributed by atoms with Gasteiger partial charge in [-0.15, -0.1) is 0 Å². The molecule has 0 amide bonds. The van der Waals surface area contributed by atoms with Gasteiger partial charge in [-0.25, -0.2) is 0 Å². The molecule has 4 heteroatoms. The lowest BCUT2D eigenvalue weighted by atomic mass is 9.99. The predicted molar refractivity (Wildman–Crippen MR) is 104 cm³/mol. The van der Waals surface area contributed by atoms with Crippen molar-refractivity contribution in [1.29, 1.82) is 0 Å². The molecule has 1 unspecified atom stereocenters. The number of ether oxygens (including phenoxy) is 2. The fraction of sp³-hybridized carbons (Fsp3) is 0.524. The first-order valence-corrected chi connectivity index (χ1v) is 9.21. The van der Waals surface area contributed by atoms with Crippen molar-refractivity contribution in [3.05, 3.63) is 47.2 Å². The molecule has 1 aliphatic rings. The fourth-order valence-electron chi connectivity index (χ4n) is 3.32. The summed E-state index contributed by atoms with van der Waals surface area (Å²) in [6.45, 7) is 9.78. The minimum absolute atomic E-state index is 0.133. The largest absolute Gasteiger partial charge is 0.496 e. The van der Waals surface area contributed by atoms with E-state index < -0.39 is 0 Å². The quantitative estimate of drug-likeness (QED) is 0.727. The minimum Gasteiger partial charge on any atom is -0.496 e. The van der Waals surface area contributed by atoms with E-state index in [0.29, 0.717) is 0 Å². The lowest BCUT2D eigenvalue weighted by molar-refractivity contribution is 0.298. The minimum atomic E-state index is 0.133. The van der Waals surface area contributed by atoms with Crippen LogP contribution in [-0.2, 0) is 0 Å². The third-order valence-corrected chi connectivity index (χ3v) is 4.57. The molecule has 2 rings (SSSR count). The molecule has 0 fully saturated rings. The van der Waals surface area contributed by atoms with E-state index in [1.807, 2.05) is 6.92 Å². The summed E-state index contributed by atoms with van der Waals surface area (Å²) in [5.74, 6) is 1.72. The molecule has 0 spiro atoms. The van der Waals surface area contributed by atoms with Crippen molar-refractivity contribution < 1.29 is 9.47 Å². The number of benzene rings is 1. The molecule has 0 saturated heterocycles. The van der Waals surface area contributed by atoms with Crippen molar-refractivity contribution >= 4 is 0 Å². The van der Waals surface area contributed by atoms with Gasteiger partial charge in [-0.1, -0.05) is 19.9 Å². The Labute approximate surface area is 152 Å². The predicted octanol–water partition coefficient (Wildman–Crippen LogP) is 4.22. The maximum absolute atomic E-state index is 5.52. The van der Waals surface area contributed by atoms with Gasteiger partial charge >= 0.3 is 0 Å². The molecule has 0 radical (unpaired) electrons. The van der Waals surface area contributed by atoms with Gasteiger partial charge in [0.15, 0.2) is 0 Å². The number of hydrogen-bond donors (Lipinski definition) is 1. The fourth-order valence-corrected chi connectivity index (χ4v) is 3.32. The molecule has 0 bridgehead atoms. The second kappa shape index (κ2) is 9.52. The summed E-state index contributed by atoms with van der Waals surface area (Å²) in [5.41, 5.74) is 3.53. The van der Waals surface area contributed by atoms with Crippen molar-refractivity contribution in [1.82, 2.24) is 10.2 Å². The van der Waals surface area contributed by atoms with E-state index in [1.165, 1.54) is 18.4 Å². The summed E-state index contributed by atoms with van der Waals surface area (Å²) in [7, 11) is 3.41. The number of nitrogens with zero attached hydrogens (tertiary/aromatic N) is 1. The number of hydrogen-bond acceptors (Lipinski definition) is 4. The molecule has 1 aliphatic heterocycles. The van der Waals surface area contributed by atoms with Gasteiger partial charge in [-0.2, -0.15) is 0 Å². The van der Waals surface area contributed by atoms with Gasteiger partial charge in [-0.05, 0) is 68.4 Å². The molecule has 138 valence electrons. The van der Waals surface area contributed by atoms with E-state index >= 15 is 0 Å². The molecular formula is C21H32N2O2. The van der Waals surface area contributed by atoms with Crippen LogP contribution in [0.4, 0.5) is 0 Å². The van der Waals surface area contributed by atoms with Crippen molar-refractivity contribution in [2.45, 2.75) is 39.7 Å². The Morgan fingerprint density at radius 1 is 1.04 bits per heavy atom. The third kappa shape index (κ3) is 5.02. The normalized spacial score (nSPS) is 16.6. The number of methoxy groups -OCH3 is 2. The van der Waals surface area contributed by atoms with Crippen LogP contribution in [0.25, 0.3) is 0 Å². The Bertz CT molecular complexity index is 591. The van der Waals surface area contributed by atoms with Crippen LogP contribution in [-0.4, -0.2) is 38.8 Å². The number of nitrogens with one attached hydrogen (secondary N) is 1. The van der Waals surface area contributed by atoms with Gasteiger partial charge in [0.25, 0.3) is 0 Å². The summed E-state index contributed by atoms with van der Waals surface area (Å²) < 4.78 is 11.0. The van der Waals surface area contributed by atoms with Gasteiger partial charge in [0, 0.05) is 12.1 Å². The second-order valence-electron chi connectivity index (χ2n) is 6.55. The molecule has 1 aromatic carbocycles. The Morgan fingerprint density at radius 2 is 1.64 bits per heavy atom. The highest BCUT2D eigenvalue weighted by molar-refractivity contribution is 5.49. The SMILES string of the molecule is CCCN(CCC)CC1=CC(c2cc(OC)c(C)c(OC)c2)NC=C1. The van der Waals surface area contributed by atoms with E-state index in [1.54, 1.807) is 14.2 Å². The van der Waals surface area contributed by atoms with Crippen LogP contribution < -0.4 is 14.8 Å². The maximum Gasteiger partial charge on any atom is 0.125 e. The third-order valence-electron chi connectivity index (χ3n) is 4.57. The first-order valence-electron chi connectivity index (χ1n) is 9.21. The van der Waals surface area contributed by atoms with E-state index in [2.05, 4.69) is 54.5 Å². The lowest BCUT2D eigenvalue weighted by Gasteiger charge is -2.26. The van der Waals surface area contributed by atoms with Crippen LogP contribution in [0.1, 0.15) is 43.9 Å². The Balaban J connectivity index is 2.22. The van der Waals surface area contributed by atoms with Crippen molar-refractivity contribution in [2.24, 2.45) is 0 Å². The number of dihydropyridines is 1. The summed E-state index contributed by atoms with van der Waals surface area (Å²) >= 11 is 0. The molecule has 1 heterocycles. The van der Waals surface area contributed by atoms with Crippen LogP contribution in [0, 0.1) is 6.92 Å². The molecule has 1 atom stereocenters. The van der Waals surface area contributed by atoms with E-state index in [-0.39, 0.29) is 6.04 Å². The molecular weight excluding hydrogens is 312 g/mol. The van der Waals surface area contributed by atoms with Gasteiger partial charge in [0.05, 0.1) is 20.3 Å². The summed E-state index contributed by atoms with van der Waals surface area (Å²) in [6.07, 6.45) is 8.91. The van der Waals surface area contributed by atoms with Crippen LogP contribution >= 0.6 is 0 Å². The summed E-state index contributed by atoms with van der Waals surface area (Å²) in [5, 5.41) is 3.44. The topological polar surface area (TPSA) is 33.7 Å². The molecule has 4 nitrogen and oxygen atoms in total. The molecule has 0 aliphatic carbocycles. The Morgan fingerprint density at radius 3 is 2.16 bits per heavy atom. The Hall–Kier alpha value is -1.94. The number of rotatable bonds is 9. The van der Waals surface area contributed by atoms with Crippen LogP contribution in [0.3, 0.4) is 0 Å². The maximum atomic E-state index is 5.52. The van der Waals surface area contributed by atoms with Crippen molar-refractivity contribution in [3.63, 3.8) is 0 Å². The highest BCUT2D eigenvalue weighted by Gasteiger charge is 2.17. The highest BCUT2D eigenvalue weighted by atomic mass is 16.5. The average Bonchev–Trinajstić information content (AvgIpc) is 2.62. The monoisotopic (exact) mass is 344 g/mol. The van der Waals surface area contributed by atoms with Crippen molar-refractivity contribution in [3.8, 4) is 11.5 Å². The molecule has 1 N–H and O–H groups in total. The van der Waals surface area contributed by atoms with Crippen molar-refractivity contribution in [2.75, 3.05) is 33.9 Å². The molecule has 0 aromatic heterocycles. The van der Waals surface area contributed by atoms with Crippen LogP contribution in [0.5, 0.6) is 11.5 Å². The van der Waals surface area contributed by atoms with E-state index in [9.17, 15) is 0 Å². The lowest BCUT2D eigenvalue weighted by Crippen LogP contribution is -2.29. The van der Waals surface area contributed by atoms with E-state index in [0.717, 1.165) is 42.3 Å². The molecule has 25 heavy (non-hydrogen) atoms. The zero-order chi connectivity index (χ0) is 18.2. The first kappa shape index (κ1) is 19.4. The van der Waals surface area contributed by atoms with Gasteiger partial charge < -0.3 is 14.8 Å². The van der Waals surface area contributed by atoms with Crippen LogP contribution in [0.2, 0.25) is 0 Å². The van der Waals surface area contributed by atoms with Gasteiger partial charge in [-0.3, -0.25) is 4.90 Å². The second-order valence-corrected chi connectivity index (χ2v) is 6.55. The highest BCUT2D eigenvalue weighted by Crippen LogP contribution is 2.33. The smallest absolute Gasteiger partial charge is 0.125 e. The van der Waals surface area contributed by atoms with Gasteiger partial charge in [0.2, 0.25) is 0 Å². The zero-order valence-electron chi connectivity index (χ0n) is 16.3. The van der Waals surface area contributed by atoms with E-state index in [4.69, 9.17) is 9.47 Å².